The van der Waals surface area contributed by atoms with Crippen LogP contribution in [0.5, 0.6) is 5.75 Å². The number of aromatic nitrogens is 1. The molecule has 2 unspecified atom stereocenters. The molecule has 1 spiro atoms. The van der Waals surface area contributed by atoms with E-state index < -0.39 is 0 Å². The molecule has 5 rings (SSSR count). The summed E-state index contributed by atoms with van der Waals surface area (Å²) >= 11 is 0. The van der Waals surface area contributed by atoms with E-state index in [1.165, 1.54) is 12.8 Å². The maximum absolute atomic E-state index is 13.3. The van der Waals surface area contributed by atoms with Crippen molar-refractivity contribution in [3.63, 3.8) is 0 Å². The number of amides is 1. The molecule has 188 valence electrons. The van der Waals surface area contributed by atoms with Crippen molar-refractivity contribution >= 4 is 5.91 Å². The van der Waals surface area contributed by atoms with E-state index >= 15 is 0 Å². The number of benzene rings is 1. The molecule has 1 aliphatic carbocycles. The minimum absolute atomic E-state index is 0.0138. The molecule has 1 amide bonds. The van der Waals surface area contributed by atoms with Crippen LogP contribution in [-0.2, 0) is 9.47 Å². The first-order valence-corrected chi connectivity index (χ1v) is 13.2. The van der Waals surface area contributed by atoms with E-state index in [0.717, 1.165) is 60.6 Å². The molecule has 2 aliphatic heterocycles. The van der Waals surface area contributed by atoms with Crippen molar-refractivity contribution in [1.29, 1.82) is 0 Å². The molecule has 6 heteroatoms. The summed E-state index contributed by atoms with van der Waals surface area (Å²) in [4.78, 5) is 19.6. The Morgan fingerprint density at radius 2 is 2.03 bits per heavy atom. The van der Waals surface area contributed by atoms with E-state index in [1.807, 2.05) is 56.1 Å². The van der Waals surface area contributed by atoms with Crippen molar-refractivity contribution < 1.29 is 19.0 Å². The van der Waals surface area contributed by atoms with Crippen LogP contribution >= 0.6 is 0 Å². The minimum atomic E-state index is -0.255. The Balaban J connectivity index is 1.26. The van der Waals surface area contributed by atoms with Crippen LogP contribution in [0.2, 0.25) is 0 Å². The molecule has 3 heterocycles. The van der Waals surface area contributed by atoms with Crippen molar-refractivity contribution in [3.8, 4) is 5.75 Å². The molecule has 0 radical (unpaired) electrons. The van der Waals surface area contributed by atoms with Gasteiger partial charge >= 0.3 is 0 Å². The highest BCUT2D eigenvalue weighted by molar-refractivity contribution is 5.94. The van der Waals surface area contributed by atoms with Gasteiger partial charge in [0.25, 0.3) is 5.91 Å². The fourth-order valence-corrected chi connectivity index (χ4v) is 5.38. The van der Waals surface area contributed by atoms with Crippen molar-refractivity contribution in [3.05, 3.63) is 59.4 Å². The van der Waals surface area contributed by atoms with E-state index in [0.29, 0.717) is 13.1 Å². The molecule has 3 fully saturated rings. The van der Waals surface area contributed by atoms with Crippen LogP contribution in [0.3, 0.4) is 0 Å². The van der Waals surface area contributed by atoms with Crippen molar-refractivity contribution in [2.75, 3.05) is 19.7 Å². The second kappa shape index (κ2) is 10.3. The molecule has 1 aromatic carbocycles. The quantitative estimate of drug-likeness (QED) is 0.526. The molecule has 35 heavy (non-hydrogen) atoms. The first kappa shape index (κ1) is 24.3. The number of carbonyl (C=O) groups excluding carboxylic acids is 1. The largest absolute Gasteiger partial charge is 0.491 e. The van der Waals surface area contributed by atoms with Crippen molar-refractivity contribution in [2.24, 2.45) is 5.92 Å². The summed E-state index contributed by atoms with van der Waals surface area (Å²) in [5, 5.41) is 0. The third-order valence-corrected chi connectivity index (χ3v) is 7.54. The van der Waals surface area contributed by atoms with Gasteiger partial charge in [-0.05, 0) is 87.8 Å². The average molecular weight is 479 g/mol. The number of aryl methyl sites for hydroxylation is 1. The molecule has 2 aromatic rings. The summed E-state index contributed by atoms with van der Waals surface area (Å²) in [6.07, 6.45) is 10.0. The molecule has 0 bridgehead atoms. The van der Waals surface area contributed by atoms with Crippen LogP contribution in [0.25, 0.3) is 0 Å². The lowest BCUT2D eigenvalue weighted by Crippen LogP contribution is -2.52. The number of hydrogen-bond donors (Lipinski definition) is 0. The van der Waals surface area contributed by atoms with Crippen molar-refractivity contribution in [1.82, 2.24) is 9.88 Å². The number of rotatable bonds is 7. The van der Waals surface area contributed by atoms with E-state index in [2.05, 4.69) is 11.1 Å². The molecule has 1 aromatic heterocycles. The van der Waals surface area contributed by atoms with Crippen LogP contribution < -0.4 is 4.74 Å². The van der Waals surface area contributed by atoms with Gasteiger partial charge in [0.15, 0.2) is 0 Å². The Labute approximate surface area is 209 Å². The monoisotopic (exact) mass is 478 g/mol. The highest BCUT2D eigenvalue weighted by Crippen LogP contribution is 2.44. The van der Waals surface area contributed by atoms with Gasteiger partial charge in [-0.25, -0.2) is 0 Å². The maximum Gasteiger partial charge on any atom is 0.253 e. The normalized spacial score (nSPS) is 24.1. The average Bonchev–Trinajstić information content (AvgIpc) is 3.69. The predicted octanol–water partition coefficient (Wildman–Crippen LogP) is 5.50. The Kier molecular flexibility index (Phi) is 7.12. The number of piperidine rings is 1. The lowest BCUT2D eigenvalue weighted by Gasteiger charge is -2.48. The molecule has 1 saturated carbocycles. The summed E-state index contributed by atoms with van der Waals surface area (Å²) in [6, 6.07) is 9.82. The second-order valence-electron chi connectivity index (χ2n) is 10.9. The van der Waals surface area contributed by atoms with Gasteiger partial charge < -0.3 is 19.1 Å². The van der Waals surface area contributed by atoms with E-state index in [4.69, 9.17) is 14.2 Å². The third kappa shape index (κ3) is 5.87. The van der Waals surface area contributed by atoms with E-state index in [1.54, 1.807) is 6.20 Å². The topological polar surface area (TPSA) is 60.9 Å². The number of pyridine rings is 1. The smallest absolute Gasteiger partial charge is 0.253 e. The minimum Gasteiger partial charge on any atom is -0.491 e. The number of carbonyl (C=O) groups is 1. The summed E-state index contributed by atoms with van der Waals surface area (Å²) in [5.41, 5.74) is 2.57. The van der Waals surface area contributed by atoms with Crippen LogP contribution in [0.4, 0.5) is 0 Å². The van der Waals surface area contributed by atoms with Gasteiger partial charge in [0.2, 0.25) is 0 Å². The second-order valence-corrected chi connectivity index (χ2v) is 10.9. The zero-order chi connectivity index (χ0) is 24.4. The van der Waals surface area contributed by atoms with Gasteiger partial charge in [-0.3, -0.25) is 9.78 Å². The highest BCUT2D eigenvalue weighted by atomic mass is 16.5. The van der Waals surface area contributed by atoms with E-state index in [9.17, 15) is 4.79 Å². The summed E-state index contributed by atoms with van der Waals surface area (Å²) < 4.78 is 19.0. The van der Waals surface area contributed by atoms with Gasteiger partial charge in [0.05, 0.1) is 23.9 Å². The maximum atomic E-state index is 13.3. The Bertz CT molecular complexity index is 1010. The Hall–Kier alpha value is -2.44. The first-order valence-electron chi connectivity index (χ1n) is 13.2. The van der Waals surface area contributed by atoms with Crippen LogP contribution in [0, 0.1) is 12.8 Å². The summed E-state index contributed by atoms with van der Waals surface area (Å²) in [5.74, 6) is 1.66. The number of nitrogens with zero attached hydrogens (tertiary/aromatic N) is 2. The zero-order valence-corrected chi connectivity index (χ0v) is 21.2. The predicted molar refractivity (Wildman–Crippen MR) is 135 cm³/mol. The van der Waals surface area contributed by atoms with Gasteiger partial charge in [0, 0.05) is 50.5 Å². The number of hydrogen-bond acceptors (Lipinski definition) is 5. The SMILES string of the molecule is Cc1cc(C(=O)N2CCC3(CC2)CC(OCC2CC2)CC(c2cccnc2)O3)ccc1OC(C)C. The lowest BCUT2D eigenvalue weighted by atomic mass is 9.80. The molecule has 2 atom stereocenters. The fourth-order valence-electron chi connectivity index (χ4n) is 5.38. The van der Waals surface area contributed by atoms with E-state index in [-0.39, 0.29) is 29.8 Å². The summed E-state index contributed by atoms with van der Waals surface area (Å²) in [6.45, 7) is 8.26. The first-order chi connectivity index (χ1) is 16.9. The molecular formula is C29H38N2O4. The molecule has 0 N–H and O–H groups in total. The van der Waals surface area contributed by atoms with Gasteiger partial charge in [-0.1, -0.05) is 6.07 Å². The molecule has 6 nitrogen and oxygen atoms in total. The fraction of sp³-hybridized carbons (Fsp3) is 0.586. The van der Waals surface area contributed by atoms with Gasteiger partial charge in [-0.2, -0.15) is 0 Å². The van der Waals surface area contributed by atoms with Crippen molar-refractivity contribution in [2.45, 2.75) is 83.2 Å². The Morgan fingerprint density at radius 3 is 2.69 bits per heavy atom. The standard InChI is InChI=1S/C29H38N2O4/c1-20(2)34-26-9-8-23(15-21(26)3)28(32)31-13-10-29(11-14-31)17-25(33-19-22-6-7-22)16-27(35-29)24-5-4-12-30-18-24/h4-5,8-9,12,15,18,20,22,25,27H,6-7,10-11,13-14,16-17,19H2,1-3H3. The highest BCUT2D eigenvalue weighted by Gasteiger charge is 2.45. The van der Waals surface area contributed by atoms with Gasteiger partial charge in [-0.15, -0.1) is 0 Å². The number of ether oxygens (including phenoxy) is 3. The lowest BCUT2D eigenvalue weighted by molar-refractivity contribution is -0.192. The molecular weight excluding hydrogens is 440 g/mol. The molecule has 3 aliphatic rings. The molecule has 2 saturated heterocycles. The number of likely N-dealkylation sites (tertiary alicyclic amines) is 1. The third-order valence-electron chi connectivity index (χ3n) is 7.54. The van der Waals surface area contributed by atoms with Crippen LogP contribution in [0.1, 0.15) is 80.0 Å². The Morgan fingerprint density at radius 1 is 1.23 bits per heavy atom. The van der Waals surface area contributed by atoms with Crippen LogP contribution in [0.15, 0.2) is 42.7 Å². The zero-order valence-electron chi connectivity index (χ0n) is 21.2. The summed E-state index contributed by atoms with van der Waals surface area (Å²) in [7, 11) is 0. The van der Waals surface area contributed by atoms with Crippen LogP contribution in [-0.4, -0.2) is 53.3 Å². The van der Waals surface area contributed by atoms with Gasteiger partial charge in [0.1, 0.15) is 5.75 Å².